The second-order valence-corrected chi connectivity index (χ2v) is 9.67. The van der Waals surface area contributed by atoms with E-state index in [1.54, 1.807) is 17.0 Å². The third-order valence-corrected chi connectivity index (χ3v) is 7.28. The molecule has 0 unspecified atom stereocenters. The van der Waals surface area contributed by atoms with Crippen molar-refractivity contribution in [2.45, 2.75) is 39.7 Å². The first-order chi connectivity index (χ1) is 17.9. The molecule has 2 heterocycles. The monoisotopic (exact) mass is 506 g/mol. The molecule has 198 valence electrons. The van der Waals surface area contributed by atoms with Gasteiger partial charge in [-0.05, 0) is 42.7 Å². The highest BCUT2D eigenvalue weighted by molar-refractivity contribution is 6.03. The number of hydrazone groups is 1. The number of aryl methyl sites for hydroxylation is 2. The lowest BCUT2D eigenvalue weighted by atomic mass is 9.96. The minimum absolute atomic E-state index is 0.00757. The summed E-state index contributed by atoms with van der Waals surface area (Å²) >= 11 is 0. The van der Waals surface area contributed by atoms with Crippen molar-refractivity contribution < 1.29 is 19.1 Å². The first kappa shape index (κ1) is 26.8. The molecular formula is C29H38N4O4. The van der Waals surface area contributed by atoms with Crippen LogP contribution in [0.25, 0.3) is 0 Å². The van der Waals surface area contributed by atoms with E-state index in [9.17, 15) is 9.59 Å². The van der Waals surface area contributed by atoms with Gasteiger partial charge in [-0.1, -0.05) is 37.3 Å². The van der Waals surface area contributed by atoms with Crippen LogP contribution in [-0.2, 0) is 14.3 Å². The molecule has 8 nitrogen and oxygen atoms in total. The van der Waals surface area contributed by atoms with E-state index in [1.165, 1.54) is 11.1 Å². The summed E-state index contributed by atoms with van der Waals surface area (Å²) in [5.74, 6) is 0.488. The SMILES string of the molecule is CCC(=O)N(CCN1CCOCC1)CC(=O)N1N=C(c2ccc(C)c(C)c2)C[C@@H]1c1ccccc1OC. The number of ether oxygens (including phenoxy) is 2. The number of hydrogen-bond acceptors (Lipinski definition) is 6. The zero-order valence-corrected chi connectivity index (χ0v) is 22.4. The summed E-state index contributed by atoms with van der Waals surface area (Å²) in [6.07, 6.45) is 0.924. The second-order valence-electron chi connectivity index (χ2n) is 9.67. The number of methoxy groups -OCH3 is 1. The van der Waals surface area contributed by atoms with Crippen LogP contribution in [0.3, 0.4) is 0 Å². The predicted octanol–water partition coefficient (Wildman–Crippen LogP) is 3.56. The van der Waals surface area contributed by atoms with Gasteiger partial charge in [0, 0.05) is 44.6 Å². The van der Waals surface area contributed by atoms with Gasteiger partial charge < -0.3 is 14.4 Å². The first-order valence-electron chi connectivity index (χ1n) is 13.1. The summed E-state index contributed by atoms with van der Waals surface area (Å²) in [6.45, 7) is 10.3. The number of morpholine rings is 1. The molecule has 8 heteroatoms. The quantitative estimate of drug-likeness (QED) is 0.520. The molecule has 2 amide bonds. The molecule has 0 saturated carbocycles. The lowest BCUT2D eigenvalue weighted by Gasteiger charge is -2.31. The van der Waals surface area contributed by atoms with Gasteiger partial charge in [-0.3, -0.25) is 14.5 Å². The van der Waals surface area contributed by atoms with E-state index in [0.717, 1.165) is 42.2 Å². The highest BCUT2D eigenvalue weighted by Crippen LogP contribution is 2.37. The molecule has 1 saturated heterocycles. The van der Waals surface area contributed by atoms with Crippen molar-refractivity contribution in [1.82, 2.24) is 14.8 Å². The molecule has 0 spiro atoms. The maximum Gasteiger partial charge on any atom is 0.262 e. The third-order valence-electron chi connectivity index (χ3n) is 7.28. The molecule has 0 N–H and O–H groups in total. The number of carbonyl (C=O) groups is 2. The molecule has 2 aliphatic rings. The Kier molecular flexibility index (Phi) is 8.95. The van der Waals surface area contributed by atoms with Gasteiger partial charge >= 0.3 is 0 Å². The van der Waals surface area contributed by atoms with Crippen molar-refractivity contribution in [3.63, 3.8) is 0 Å². The smallest absolute Gasteiger partial charge is 0.262 e. The average Bonchev–Trinajstić information content (AvgIpc) is 3.38. The van der Waals surface area contributed by atoms with Gasteiger partial charge in [0.15, 0.2) is 0 Å². The van der Waals surface area contributed by atoms with E-state index < -0.39 is 0 Å². The van der Waals surface area contributed by atoms with E-state index in [-0.39, 0.29) is 24.4 Å². The Morgan fingerprint density at radius 3 is 2.57 bits per heavy atom. The fraction of sp³-hybridized carbons (Fsp3) is 0.483. The summed E-state index contributed by atoms with van der Waals surface area (Å²) in [7, 11) is 1.64. The lowest BCUT2D eigenvalue weighted by molar-refractivity contribution is -0.141. The van der Waals surface area contributed by atoms with Crippen LogP contribution in [0.1, 0.15) is 48.1 Å². The molecule has 0 radical (unpaired) electrons. The Morgan fingerprint density at radius 2 is 1.86 bits per heavy atom. The van der Waals surface area contributed by atoms with Gasteiger partial charge in [0.2, 0.25) is 5.91 Å². The second kappa shape index (κ2) is 12.3. The highest BCUT2D eigenvalue weighted by Gasteiger charge is 2.36. The van der Waals surface area contributed by atoms with Crippen LogP contribution in [0.15, 0.2) is 47.6 Å². The molecule has 0 bridgehead atoms. The first-order valence-corrected chi connectivity index (χ1v) is 13.1. The Labute approximate surface area is 219 Å². The molecule has 1 atom stereocenters. The van der Waals surface area contributed by atoms with E-state index in [2.05, 4.69) is 36.9 Å². The number of rotatable bonds is 9. The maximum absolute atomic E-state index is 13.8. The lowest BCUT2D eigenvalue weighted by Crippen LogP contribution is -2.46. The number of nitrogens with zero attached hydrogens (tertiary/aromatic N) is 4. The van der Waals surface area contributed by atoms with Crippen molar-refractivity contribution in [1.29, 1.82) is 0 Å². The zero-order valence-electron chi connectivity index (χ0n) is 22.4. The van der Waals surface area contributed by atoms with Crippen molar-refractivity contribution in [3.8, 4) is 5.75 Å². The number of benzene rings is 2. The number of amides is 2. The predicted molar refractivity (Wildman–Crippen MR) is 144 cm³/mol. The van der Waals surface area contributed by atoms with Crippen LogP contribution in [0.4, 0.5) is 0 Å². The summed E-state index contributed by atoms with van der Waals surface area (Å²) in [4.78, 5) is 30.5. The summed E-state index contributed by atoms with van der Waals surface area (Å²) in [6, 6.07) is 13.7. The number of hydrogen-bond donors (Lipinski definition) is 0. The third kappa shape index (κ3) is 6.37. The minimum Gasteiger partial charge on any atom is -0.496 e. The molecule has 2 aromatic rings. The van der Waals surface area contributed by atoms with Gasteiger partial charge in [0.05, 0.1) is 32.1 Å². The maximum atomic E-state index is 13.8. The Bertz CT molecular complexity index is 1140. The molecule has 0 aromatic heterocycles. The van der Waals surface area contributed by atoms with Crippen molar-refractivity contribution >= 4 is 17.5 Å². The number of carbonyl (C=O) groups excluding carboxylic acids is 2. The van der Waals surface area contributed by atoms with Crippen LogP contribution >= 0.6 is 0 Å². The molecule has 2 aromatic carbocycles. The molecule has 37 heavy (non-hydrogen) atoms. The van der Waals surface area contributed by atoms with Crippen LogP contribution in [0, 0.1) is 13.8 Å². The summed E-state index contributed by atoms with van der Waals surface area (Å²) in [5, 5.41) is 6.39. The van der Waals surface area contributed by atoms with Crippen LogP contribution in [0.5, 0.6) is 5.75 Å². The van der Waals surface area contributed by atoms with Crippen LogP contribution < -0.4 is 4.74 Å². The fourth-order valence-electron chi connectivity index (χ4n) is 4.86. The number of para-hydroxylation sites is 1. The largest absolute Gasteiger partial charge is 0.496 e. The average molecular weight is 507 g/mol. The zero-order chi connectivity index (χ0) is 26.4. The molecule has 2 aliphatic heterocycles. The van der Waals surface area contributed by atoms with Crippen LogP contribution in [-0.4, -0.2) is 85.4 Å². The van der Waals surface area contributed by atoms with Gasteiger partial charge in [0.25, 0.3) is 5.91 Å². The van der Waals surface area contributed by atoms with E-state index in [0.29, 0.717) is 32.6 Å². The van der Waals surface area contributed by atoms with E-state index in [4.69, 9.17) is 14.6 Å². The Hall–Kier alpha value is -3.23. The van der Waals surface area contributed by atoms with Gasteiger partial charge in [0.1, 0.15) is 12.3 Å². The van der Waals surface area contributed by atoms with Gasteiger partial charge in [-0.15, -0.1) is 0 Å². The minimum atomic E-state index is -0.307. The van der Waals surface area contributed by atoms with Crippen LogP contribution in [0.2, 0.25) is 0 Å². The topological polar surface area (TPSA) is 74.7 Å². The molecule has 4 rings (SSSR count). The van der Waals surface area contributed by atoms with Gasteiger partial charge in [-0.25, -0.2) is 5.01 Å². The summed E-state index contributed by atoms with van der Waals surface area (Å²) in [5.41, 5.74) is 5.16. The molecule has 0 aliphatic carbocycles. The molecular weight excluding hydrogens is 468 g/mol. The molecule has 1 fully saturated rings. The van der Waals surface area contributed by atoms with Crippen molar-refractivity contribution in [2.75, 3.05) is 53.0 Å². The Balaban J connectivity index is 1.59. The van der Waals surface area contributed by atoms with Gasteiger partial charge in [-0.2, -0.15) is 5.10 Å². The summed E-state index contributed by atoms with van der Waals surface area (Å²) < 4.78 is 11.1. The van der Waals surface area contributed by atoms with Crippen molar-refractivity contribution in [2.24, 2.45) is 5.10 Å². The fourth-order valence-corrected chi connectivity index (χ4v) is 4.86. The standard InChI is InChI=1S/C29H38N4O4/c1-5-28(34)32(13-12-31-14-16-37-17-15-31)20-29(35)33-26(24-8-6-7-9-27(24)36-4)19-25(30-33)23-11-10-21(2)22(3)18-23/h6-11,18,26H,5,12-17,19-20H2,1-4H3/t26-/m1/s1. The van der Waals surface area contributed by atoms with E-state index >= 15 is 0 Å². The Morgan fingerprint density at radius 1 is 1.11 bits per heavy atom. The van der Waals surface area contributed by atoms with Crippen molar-refractivity contribution in [3.05, 3.63) is 64.7 Å². The van der Waals surface area contributed by atoms with E-state index in [1.807, 2.05) is 31.2 Å². The normalized spacial score (nSPS) is 18.0. The highest BCUT2D eigenvalue weighted by atomic mass is 16.5.